The lowest BCUT2D eigenvalue weighted by Crippen LogP contribution is -2.17. The molecule has 9 nitrogen and oxygen atoms in total. The minimum absolute atomic E-state index is 0.0246. The summed E-state index contributed by atoms with van der Waals surface area (Å²) < 4.78 is 55.9. The first-order valence-electron chi connectivity index (χ1n) is 10.9. The molecule has 5 aromatic rings. The molecule has 3 aromatic carbocycles. The summed E-state index contributed by atoms with van der Waals surface area (Å²) in [6.45, 7) is -0.203. The molecular weight excluding hydrogens is 556 g/mol. The van der Waals surface area contributed by atoms with Crippen LogP contribution in [0.2, 0.25) is 5.02 Å². The van der Waals surface area contributed by atoms with E-state index in [4.69, 9.17) is 20.6 Å². The molecule has 0 saturated heterocycles. The second-order valence-corrected chi connectivity index (χ2v) is 12.4. The SMILES string of the molecule is O=S(O)NCc1nnc(C(c2nc3ccc(-c4ccc(Cl)cc4)cc3s2)S(=O)(=O)Cc2ccccc2)o1. The molecule has 0 fully saturated rings. The Morgan fingerprint density at radius 2 is 1.76 bits per heavy atom. The van der Waals surface area contributed by atoms with Gasteiger partial charge >= 0.3 is 0 Å². The second kappa shape index (κ2) is 10.8. The Hall–Kier alpha value is -3.00. The van der Waals surface area contributed by atoms with Crippen molar-refractivity contribution in [2.75, 3.05) is 0 Å². The number of nitrogens with one attached hydrogen (secondary N) is 1. The third-order valence-corrected chi connectivity index (χ3v) is 9.18. The number of fused-ring (bicyclic) bond motifs is 1. The van der Waals surface area contributed by atoms with Crippen LogP contribution in [0.15, 0.2) is 77.2 Å². The van der Waals surface area contributed by atoms with Gasteiger partial charge in [0.2, 0.25) is 23.0 Å². The molecule has 2 heterocycles. The van der Waals surface area contributed by atoms with Crippen LogP contribution in [0, 0.1) is 0 Å². The molecule has 2 unspecified atom stereocenters. The summed E-state index contributed by atoms with van der Waals surface area (Å²) in [5, 5.41) is 7.41. The normalized spacial score (nSPS) is 13.6. The molecule has 190 valence electrons. The summed E-state index contributed by atoms with van der Waals surface area (Å²) in [6, 6.07) is 21.9. The monoisotopic (exact) mass is 574 g/mol. The number of hydrogen-bond acceptors (Lipinski definition) is 8. The topological polar surface area (TPSA) is 135 Å². The maximum Gasteiger partial charge on any atom is 0.241 e. The van der Waals surface area contributed by atoms with Gasteiger partial charge in [-0.15, -0.1) is 21.5 Å². The van der Waals surface area contributed by atoms with Gasteiger partial charge in [-0.2, -0.15) is 0 Å². The van der Waals surface area contributed by atoms with Crippen molar-refractivity contribution in [2.24, 2.45) is 0 Å². The van der Waals surface area contributed by atoms with Crippen LogP contribution in [0.5, 0.6) is 0 Å². The van der Waals surface area contributed by atoms with Crippen LogP contribution >= 0.6 is 22.9 Å². The van der Waals surface area contributed by atoms with Crippen molar-refractivity contribution in [2.45, 2.75) is 17.5 Å². The molecular formula is C24H19ClN4O5S3. The van der Waals surface area contributed by atoms with Gasteiger partial charge in [0.15, 0.2) is 15.1 Å². The smallest absolute Gasteiger partial charge is 0.241 e. The van der Waals surface area contributed by atoms with Crippen LogP contribution in [0.1, 0.15) is 27.6 Å². The first kappa shape index (κ1) is 25.6. The summed E-state index contributed by atoms with van der Waals surface area (Å²) in [7, 11) is -3.91. The highest BCUT2D eigenvalue weighted by atomic mass is 35.5. The van der Waals surface area contributed by atoms with Crippen LogP contribution in [0.3, 0.4) is 0 Å². The molecule has 2 N–H and O–H groups in total. The Labute approximate surface area is 223 Å². The van der Waals surface area contributed by atoms with Gasteiger partial charge < -0.3 is 4.42 Å². The minimum Gasteiger partial charge on any atom is -0.422 e. The van der Waals surface area contributed by atoms with Crippen LogP contribution in [0.4, 0.5) is 0 Å². The van der Waals surface area contributed by atoms with Gasteiger partial charge in [-0.1, -0.05) is 60.1 Å². The van der Waals surface area contributed by atoms with Crippen molar-refractivity contribution in [3.8, 4) is 11.1 Å². The van der Waals surface area contributed by atoms with Crippen LogP contribution in [0.25, 0.3) is 21.3 Å². The number of rotatable bonds is 9. The van der Waals surface area contributed by atoms with E-state index in [2.05, 4.69) is 19.9 Å². The Bertz CT molecular complexity index is 1670. The third-order valence-electron chi connectivity index (χ3n) is 5.43. The fourth-order valence-electron chi connectivity index (χ4n) is 3.75. The van der Waals surface area contributed by atoms with E-state index in [1.54, 1.807) is 36.4 Å². The minimum atomic E-state index is -3.91. The average molecular weight is 575 g/mol. The Morgan fingerprint density at radius 3 is 2.49 bits per heavy atom. The van der Waals surface area contributed by atoms with Crippen molar-refractivity contribution in [3.05, 3.63) is 100 Å². The van der Waals surface area contributed by atoms with E-state index in [0.717, 1.165) is 15.8 Å². The second-order valence-electron chi connectivity index (χ2n) is 8.02. The van der Waals surface area contributed by atoms with E-state index in [9.17, 15) is 12.6 Å². The third kappa shape index (κ3) is 5.95. The zero-order valence-electron chi connectivity index (χ0n) is 18.9. The van der Waals surface area contributed by atoms with Crippen LogP contribution in [-0.4, -0.2) is 32.4 Å². The van der Waals surface area contributed by atoms with Gasteiger partial charge in [0.25, 0.3) is 0 Å². The van der Waals surface area contributed by atoms with E-state index >= 15 is 0 Å². The number of hydrogen-bond donors (Lipinski definition) is 2. The zero-order chi connectivity index (χ0) is 26.0. The summed E-state index contributed by atoms with van der Waals surface area (Å²) in [5.74, 6) is -0.446. The van der Waals surface area contributed by atoms with Crippen molar-refractivity contribution in [3.63, 3.8) is 0 Å². The Balaban J connectivity index is 1.56. The molecule has 0 spiro atoms. The van der Waals surface area contributed by atoms with E-state index in [-0.39, 0.29) is 29.1 Å². The first-order chi connectivity index (χ1) is 17.8. The number of benzene rings is 3. The van der Waals surface area contributed by atoms with E-state index in [0.29, 0.717) is 16.1 Å². The standard InChI is InChI=1S/C24H19ClN4O5S3/c25-18-9-6-16(7-10-18)17-8-11-19-20(12-17)35-24(27-19)22(23-29-28-21(34-23)13-26-36(30)31)37(32,33)14-15-4-2-1-3-5-15/h1-12,22,26H,13-14H2,(H,30,31). The molecule has 0 aliphatic carbocycles. The summed E-state index contributed by atoms with van der Waals surface area (Å²) in [6.07, 6.45) is 0. The molecule has 0 saturated carbocycles. The van der Waals surface area contributed by atoms with Crippen molar-refractivity contribution in [1.82, 2.24) is 19.9 Å². The van der Waals surface area contributed by atoms with E-state index in [1.165, 1.54) is 11.3 Å². The van der Waals surface area contributed by atoms with Crippen molar-refractivity contribution < 1.29 is 21.6 Å². The summed E-state index contributed by atoms with van der Waals surface area (Å²) >= 11 is 4.95. The molecule has 5 rings (SSSR count). The van der Waals surface area contributed by atoms with Gasteiger partial charge in [-0.25, -0.2) is 22.3 Å². The number of nitrogens with zero attached hydrogens (tertiary/aromatic N) is 3. The van der Waals surface area contributed by atoms with Gasteiger partial charge in [0.1, 0.15) is 5.01 Å². The largest absolute Gasteiger partial charge is 0.422 e. The molecule has 0 aliphatic heterocycles. The molecule has 2 atom stereocenters. The van der Waals surface area contributed by atoms with Crippen LogP contribution < -0.4 is 4.72 Å². The van der Waals surface area contributed by atoms with E-state index < -0.39 is 26.4 Å². The lowest BCUT2D eigenvalue weighted by atomic mass is 10.1. The fraction of sp³-hybridized carbons (Fsp3) is 0.125. The molecule has 0 bridgehead atoms. The summed E-state index contributed by atoms with van der Waals surface area (Å²) in [5.41, 5.74) is 3.14. The molecule has 37 heavy (non-hydrogen) atoms. The fourth-order valence-corrected chi connectivity index (χ4v) is 7.27. The van der Waals surface area contributed by atoms with Gasteiger partial charge in [-0.05, 0) is 41.0 Å². The zero-order valence-corrected chi connectivity index (χ0v) is 22.1. The maximum atomic E-state index is 13.7. The van der Waals surface area contributed by atoms with Crippen molar-refractivity contribution in [1.29, 1.82) is 0 Å². The molecule has 2 aromatic heterocycles. The predicted molar refractivity (Wildman–Crippen MR) is 143 cm³/mol. The molecule has 13 heteroatoms. The predicted octanol–water partition coefficient (Wildman–Crippen LogP) is 4.93. The molecule has 0 amide bonds. The molecule has 0 radical (unpaired) electrons. The first-order valence-corrected chi connectivity index (χ1v) is 14.9. The highest BCUT2D eigenvalue weighted by molar-refractivity contribution is 7.91. The Kier molecular flexibility index (Phi) is 7.47. The number of thiazole rings is 1. The number of aromatic nitrogens is 3. The Morgan fingerprint density at radius 1 is 1.03 bits per heavy atom. The quantitative estimate of drug-likeness (QED) is 0.237. The van der Waals surface area contributed by atoms with Crippen LogP contribution in [-0.2, 0) is 33.4 Å². The maximum absolute atomic E-state index is 13.7. The lowest BCUT2D eigenvalue weighted by molar-refractivity contribution is 0.442. The summed E-state index contributed by atoms with van der Waals surface area (Å²) in [4.78, 5) is 4.62. The van der Waals surface area contributed by atoms with E-state index in [1.807, 2.05) is 36.4 Å². The van der Waals surface area contributed by atoms with Crippen molar-refractivity contribution >= 4 is 54.3 Å². The lowest BCUT2D eigenvalue weighted by Gasteiger charge is -2.12. The molecule has 0 aliphatic rings. The van der Waals surface area contributed by atoms with Gasteiger partial charge in [0.05, 0.1) is 22.5 Å². The number of sulfone groups is 1. The average Bonchev–Trinajstić information content (AvgIpc) is 3.50. The number of halogens is 1. The highest BCUT2D eigenvalue weighted by Crippen LogP contribution is 2.38. The highest BCUT2D eigenvalue weighted by Gasteiger charge is 2.37. The van der Waals surface area contributed by atoms with Gasteiger partial charge in [-0.3, -0.25) is 4.55 Å². The van der Waals surface area contributed by atoms with Gasteiger partial charge in [0, 0.05) is 5.02 Å².